The summed E-state index contributed by atoms with van der Waals surface area (Å²) in [6.45, 7) is 0.681. The molecular formula is C19H16N4O. The zero-order valence-electron chi connectivity index (χ0n) is 13.0. The maximum Gasteiger partial charge on any atom is 0.256 e. The fourth-order valence-electron chi connectivity index (χ4n) is 2.38. The lowest BCUT2D eigenvalue weighted by atomic mass is 10.1. The minimum Gasteiger partial charge on any atom is -0.307 e. The molecule has 5 nitrogen and oxygen atoms in total. The van der Waals surface area contributed by atoms with Gasteiger partial charge in [0.05, 0.1) is 17.8 Å². The maximum absolute atomic E-state index is 12.3. The van der Waals surface area contributed by atoms with Gasteiger partial charge in [-0.25, -0.2) is 4.68 Å². The van der Waals surface area contributed by atoms with Crippen LogP contribution < -0.4 is 5.32 Å². The standard InChI is InChI=1S/C19H16N4O/c20-14-16-6-8-17(9-7-16)19(24)22-18-10-12-21-23(18)13-11-15-4-2-1-3-5-15/h1-10,12H,11,13H2,(H,22,24). The van der Waals surface area contributed by atoms with E-state index >= 15 is 0 Å². The van der Waals surface area contributed by atoms with Gasteiger partial charge in [0.1, 0.15) is 5.82 Å². The molecule has 0 aliphatic rings. The van der Waals surface area contributed by atoms with Crippen LogP contribution in [0.25, 0.3) is 0 Å². The maximum atomic E-state index is 12.3. The topological polar surface area (TPSA) is 70.7 Å². The number of nitrogens with zero attached hydrogens (tertiary/aromatic N) is 3. The summed E-state index contributed by atoms with van der Waals surface area (Å²) in [5.41, 5.74) is 2.25. The third-order valence-electron chi connectivity index (χ3n) is 3.69. The molecule has 0 saturated heterocycles. The van der Waals surface area contributed by atoms with Gasteiger partial charge in [-0.05, 0) is 36.2 Å². The van der Waals surface area contributed by atoms with Crippen molar-refractivity contribution in [3.63, 3.8) is 0 Å². The molecule has 0 fully saturated rings. The van der Waals surface area contributed by atoms with Crippen LogP contribution in [0.1, 0.15) is 21.5 Å². The molecule has 24 heavy (non-hydrogen) atoms. The van der Waals surface area contributed by atoms with Gasteiger partial charge in [0.15, 0.2) is 0 Å². The van der Waals surface area contributed by atoms with Crippen molar-refractivity contribution in [1.29, 1.82) is 5.26 Å². The van der Waals surface area contributed by atoms with Crippen LogP contribution in [0.3, 0.4) is 0 Å². The first-order valence-corrected chi connectivity index (χ1v) is 7.63. The Balaban J connectivity index is 1.66. The molecule has 0 aliphatic heterocycles. The summed E-state index contributed by atoms with van der Waals surface area (Å²) in [6.07, 6.45) is 2.50. The average Bonchev–Trinajstić information content (AvgIpc) is 3.08. The molecule has 3 aromatic rings. The van der Waals surface area contributed by atoms with Gasteiger partial charge < -0.3 is 5.32 Å². The fourth-order valence-corrected chi connectivity index (χ4v) is 2.38. The molecule has 1 N–H and O–H groups in total. The lowest BCUT2D eigenvalue weighted by molar-refractivity contribution is 0.102. The molecule has 1 amide bonds. The number of carbonyl (C=O) groups excluding carboxylic acids is 1. The van der Waals surface area contributed by atoms with Crippen molar-refractivity contribution in [3.8, 4) is 6.07 Å². The number of aryl methyl sites for hydroxylation is 2. The van der Waals surface area contributed by atoms with Crippen LogP contribution in [0.5, 0.6) is 0 Å². The van der Waals surface area contributed by atoms with E-state index in [0.29, 0.717) is 23.5 Å². The summed E-state index contributed by atoms with van der Waals surface area (Å²) >= 11 is 0. The van der Waals surface area contributed by atoms with E-state index in [0.717, 1.165) is 6.42 Å². The summed E-state index contributed by atoms with van der Waals surface area (Å²) < 4.78 is 1.77. The van der Waals surface area contributed by atoms with Crippen molar-refractivity contribution >= 4 is 11.7 Å². The van der Waals surface area contributed by atoms with E-state index in [4.69, 9.17) is 5.26 Å². The number of nitrogens with one attached hydrogen (secondary N) is 1. The average molecular weight is 316 g/mol. The lowest BCUT2D eigenvalue weighted by Crippen LogP contribution is -2.16. The highest BCUT2D eigenvalue weighted by molar-refractivity contribution is 6.03. The molecule has 2 aromatic carbocycles. The molecule has 0 bridgehead atoms. The number of amides is 1. The number of hydrogen-bond donors (Lipinski definition) is 1. The predicted octanol–water partition coefficient (Wildman–Crippen LogP) is 3.25. The first kappa shape index (κ1) is 15.5. The molecule has 3 rings (SSSR count). The molecular weight excluding hydrogens is 300 g/mol. The van der Waals surface area contributed by atoms with Crippen LogP contribution in [-0.4, -0.2) is 15.7 Å². The number of nitriles is 1. The van der Waals surface area contributed by atoms with Crippen LogP contribution in [0.2, 0.25) is 0 Å². The molecule has 0 spiro atoms. The number of aromatic nitrogens is 2. The Morgan fingerprint density at radius 3 is 2.54 bits per heavy atom. The Labute approximate surface area is 140 Å². The van der Waals surface area contributed by atoms with Gasteiger partial charge in [-0.1, -0.05) is 30.3 Å². The number of benzene rings is 2. The highest BCUT2D eigenvalue weighted by Gasteiger charge is 2.09. The van der Waals surface area contributed by atoms with Crippen molar-refractivity contribution in [2.75, 3.05) is 5.32 Å². The van der Waals surface area contributed by atoms with Crippen LogP contribution in [0, 0.1) is 11.3 Å². The molecule has 118 valence electrons. The summed E-state index contributed by atoms with van der Waals surface area (Å²) in [6, 6.07) is 20.5. The number of anilines is 1. The first-order valence-electron chi connectivity index (χ1n) is 7.63. The van der Waals surface area contributed by atoms with E-state index in [1.54, 1.807) is 41.2 Å². The third-order valence-corrected chi connectivity index (χ3v) is 3.69. The lowest BCUT2D eigenvalue weighted by Gasteiger charge is -2.09. The van der Waals surface area contributed by atoms with Crippen LogP contribution >= 0.6 is 0 Å². The quantitative estimate of drug-likeness (QED) is 0.785. The van der Waals surface area contributed by atoms with Gasteiger partial charge >= 0.3 is 0 Å². The molecule has 5 heteroatoms. The molecule has 1 aromatic heterocycles. The van der Waals surface area contributed by atoms with Crippen molar-refractivity contribution in [2.24, 2.45) is 0 Å². The molecule has 1 heterocycles. The van der Waals surface area contributed by atoms with Crippen LogP contribution in [0.4, 0.5) is 5.82 Å². The van der Waals surface area contributed by atoms with Crippen molar-refractivity contribution < 1.29 is 4.79 Å². The fraction of sp³-hybridized carbons (Fsp3) is 0.105. The van der Waals surface area contributed by atoms with Crippen LogP contribution in [-0.2, 0) is 13.0 Å². The Morgan fingerprint density at radius 2 is 1.83 bits per heavy atom. The predicted molar refractivity (Wildman–Crippen MR) is 91.5 cm³/mol. The van der Waals surface area contributed by atoms with E-state index in [-0.39, 0.29) is 5.91 Å². The zero-order chi connectivity index (χ0) is 16.8. The Morgan fingerprint density at radius 1 is 1.08 bits per heavy atom. The largest absolute Gasteiger partial charge is 0.307 e. The molecule has 0 saturated carbocycles. The first-order chi connectivity index (χ1) is 11.8. The normalized spacial score (nSPS) is 10.1. The second kappa shape index (κ2) is 7.25. The van der Waals surface area contributed by atoms with E-state index in [1.165, 1.54) is 5.56 Å². The Kier molecular flexibility index (Phi) is 4.68. The summed E-state index contributed by atoms with van der Waals surface area (Å²) in [5.74, 6) is 0.432. The third kappa shape index (κ3) is 3.68. The van der Waals surface area contributed by atoms with Gasteiger partial charge in [0.2, 0.25) is 0 Å². The van der Waals surface area contributed by atoms with E-state index in [9.17, 15) is 4.79 Å². The molecule has 0 atom stereocenters. The van der Waals surface area contributed by atoms with Crippen molar-refractivity contribution in [1.82, 2.24) is 9.78 Å². The molecule has 0 aliphatic carbocycles. The monoisotopic (exact) mass is 316 g/mol. The summed E-state index contributed by atoms with van der Waals surface area (Å²) in [5, 5.41) is 15.9. The molecule has 0 unspecified atom stereocenters. The smallest absolute Gasteiger partial charge is 0.256 e. The second-order valence-corrected chi connectivity index (χ2v) is 5.32. The van der Waals surface area contributed by atoms with Gasteiger partial charge in [0, 0.05) is 18.2 Å². The Hall–Kier alpha value is -3.39. The van der Waals surface area contributed by atoms with E-state index in [2.05, 4.69) is 22.5 Å². The number of hydrogen-bond acceptors (Lipinski definition) is 3. The van der Waals surface area contributed by atoms with Crippen LogP contribution in [0.15, 0.2) is 66.9 Å². The highest BCUT2D eigenvalue weighted by atomic mass is 16.1. The van der Waals surface area contributed by atoms with Crippen molar-refractivity contribution in [2.45, 2.75) is 13.0 Å². The SMILES string of the molecule is N#Cc1ccc(C(=O)Nc2ccnn2CCc2ccccc2)cc1. The number of rotatable bonds is 5. The van der Waals surface area contributed by atoms with Gasteiger partial charge in [0.25, 0.3) is 5.91 Å². The minimum absolute atomic E-state index is 0.221. The van der Waals surface area contributed by atoms with Gasteiger partial charge in [-0.15, -0.1) is 0 Å². The summed E-state index contributed by atoms with van der Waals surface area (Å²) in [4.78, 5) is 12.3. The van der Waals surface area contributed by atoms with Gasteiger partial charge in [-0.3, -0.25) is 4.79 Å². The minimum atomic E-state index is -0.221. The highest BCUT2D eigenvalue weighted by Crippen LogP contribution is 2.11. The zero-order valence-corrected chi connectivity index (χ0v) is 13.0. The summed E-state index contributed by atoms with van der Waals surface area (Å²) in [7, 11) is 0. The van der Waals surface area contributed by atoms with Crippen molar-refractivity contribution in [3.05, 3.63) is 83.6 Å². The van der Waals surface area contributed by atoms with Gasteiger partial charge in [-0.2, -0.15) is 10.4 Å². The number of carbonyl (C=O) groups is 1. The molecule has 0 radical (unpaired) electrons. The Bertz CT molecular complexity index is 860. The second-order valence-electron chi connectivity index (χ2n) is 5.32. The van der Waals surface area contributed by atoms with E-state index < -0.39 is 0 Å². The van der Waals surface area contributed by atoms with E-state index in [1.807, 2.05) is 24.3 Å².